The molecule has 3 rings (SSSR count). The van der Waals surface area contributed by atoms with Crippen LogP contribution in [0.15, 0.2) is 42.5 Å². The van der Waals surface area contributed by atoms with Gasteiger partial charge in [0.15, 0.2) is 5.11 Å². The van der Waals surface area contributed by atoms with Crippen LogP contribution < -0.4 is 15.4 Å². The minimum Gasteiger partial charge on any atom is -0.497 e. The predicted octanol–water partition coefficient (Wildman–Crippen LogP) is 5.34. The van der Waals surface area contributed by atoms with Gasteiger partial charge in [-0.3, -0.25) is 10.1 Å². The Kier molecular flexibility index (Phi) is 5.44. The van der Waals surface area contributed by atoms with Crippen LogP contribution in [0.2, 0.25) is 10.0 Å². The number of thiocarbonyl (C=S) groups is 1. The second-order valence-corrected chi connectivity index (χ2v) is 7.30. The zero-order valence-corrected chi connectivity index (χ0v) is 16.1. The Morgan fingerprint density at radius 2 is 2.00 bits per heavy atom. The summed E-state index contributed by atoms with van der Waals surface area (Å²) in [6.45, 7) is 0. The van der Waals surface area contributed by atoms with E-state index >= 15 is 0 Å². The molecular formula is C17H12Cl2N2O2S2. The second-order valence-electron chi connectivity index (χ2n) is 5.03. The number of hydrogen-bond acceptors (Lipinski definition) is 4. The van der Waals surface area contributed by atoms with Crippen molar-refractivity contribution < 1.29 is 9.53 Å². The quantitative estimate of drug-likeness (QED) is 0.571. The summed E-state index contributed by atoms with van der Waals surface area (Å²) in [5, 5.41) is 7.47. The number of carbonyl (C=O) groups excluding carboxylic acids is 1. The first-order valence-corrected chi connectivity index (χ1v) is 9.10. The van der Waals surface area contributed by atoms with Gasteiger partial charge in [0.2, 0.25) is 0 Å². The largest absolute Gasteiger partial charge is 0.497 e. The molecule has 25 heavy (non-hydrogen) atoms. The zero-order chi connectivity index (χ0) is 18.0. The van der Waals surface area contributed by atoms with E-state index in [4.69, 9.17) is 40.2 Å². The highest BCUT2D eigenvalue weighted by Gasteiger charge is 2.18. The van der Waals surface area contributed by atoms with E-state index in [2.05, 4.69) is 10.6 Å². The van der Waals surface area contributed by atoms with Gasteiger partial charge in [0.25, 0.3) is 5.91 Å². The first-order valence-electron chi connectivity index (χ1n) is 7.12. The molecule has 3 aromatic rings. The first-order chi connectivity index (χ1) is 12.0. The van der Waals surface area contributed by atoms with Gasteiger partial charge in [-0.25, -0.2) is 0 Å². The van der Waals surface area contributed by atoms with E-state index in [9.17, 15) is 4.79 Å². The van der Waals surface area contributed by atoms with Crippen LogP contribution in [0.5, 0.6) is 5.75 Å². The van der Waals surface area contributed by atoms with Crippen molar-refractivity contribution in [3.05, 3.63) is 57.4 Å². The molecule has 8 heteroatoms. The lowest BCUT2D eigenvalue weighted by atomic mass is 10.2. The van der Waals surface area contributed by atoms with Gasteiger partial charge in [-0.05, 0) is 48.6 Å². The van der Waals surface area contributed by atoms with E-state index < -0.39 is 0 Å². The smallest absolute Gasteiger partial charge is 0.269 e. The second kappa shape index (κ2) is 7.58. The average Bonchev–Trinajstić information content (AvgIpc) is 2.91. The van der Waals surface area contributed by atoms with Gasteiger partial charge in [0.05, 0.1) is 12.1 Å². The molecular weight excluding hydrogens is 399 g/mol. The highest BCUT2D eigenvalue weighted by Crippen LogP contribution is 2.37. The molecule has 0 saturated carbocycles. The summed E-state index contributed by atoms with van der Waals surface area (Å²) >= 11 is 18.7. The number of hydrogen-bond donors (Lipinski definition) is 2. The highest BCUT2D eigenvalue weighted by molar-refractivity contribution is 7.80. The molecule has 1 amide bonds. The van der Waals surface area contributed by atoms with E-state index in [1.165, 1.54) is 11.3 Å². The number of fused-ring (bicyclic) bond motifs is 1. The molecule has 2 N–H and O–H groups in total. The van der Waals surface area contributed by atoms with Crippen molar-refractivity contribution in [2.45, 2.75) is 0 Å². The maximum absolute atomic E-state index is 12.5. The molecule has 1 heterocycles. The molecule has 0 aliphatic heterocycles. The number of ether oxygens (including phenoxy) is 1. The molecule has 0 radical (unpaired) electrons. The molecule has 0 saturated heterocycles. The maximum Gasteiger partial charge on any atom is 0.269 e. The van der Waals surface area contributed by atoms with Crippen LogP contribution in [0.1, 0.15) is 9.67 Å². The topological polar surface area (TPSA) is 50.4 Å². The van der Waals surface area contributed by atoms with E-state index in [1.54, 1.807) is 37.4 Å². The average molecular weight is 411 g/mol. The number of benzene rings is 2. The Bertz CT molecular complexity index is 972. The van der Waals surface area contributed by atoms with Crippen molar-refractivity contribution >= 4 is 73.5 Å². The number of nitrogens with one attached hydrogen (secondary N) is 2. The van der Waals surface area contributed by atoms with E-state index in [1.807, 2.05) is 12.1 Å². The van der Waals surface area contributed by atoms with Crippen LogP contribution in [0, 0.1) is 0 Å². The summed E-state index contributed by atoms with van der Waals surface area (Å²) in [6, 6.07) is 12.5. The number of anilines is 1. The molecule has 0 atom stereocenters. The summed E-state index contributed by atoms with van der Waals surface area (Å²) < 4.78 is 6.06. The van der Waals surface area contributed by atoms with Crippen LogP contribution in [0.25, 0.3) is 10.1 Å². The predicted molar refractivity (Wildman–Crippen MR) is 109 cm³/mol. The van der Waals surface area contributed by atoms with Crippen molar-refractivity contribution in [2.24, 2.45) is 0 Å². The highest BCUT2D eigenvalue weighted by atomic mass is 35.5. The fraction of sp³-hybridized carbons (Fsp3) is 0.0588. The lowest BCUT2D eigenvalue weighted by molar-refractivity contribution is 0.0982. The van der Waals surface area contributed by atoms with Crippen molar-refractivity contribution in [1.82, 2.24) is 5.32 Å². The number of amides is 1. The van der Waals surface area contributed by atoms with Crippen molar-refractivity contribution in [3.8, 4) is 5.75 Å². The maximum atomic E-state index is 12.5. The minimum atomic E-state index is -0.371. The van der Waals surface area contributed by atoms with Gasteiger partial charge in [0.1, 0.15) is 10.6 Å². The van der Waals surface area contributed by atoms with Crippen LogP contribution in [0.3, 0.4) is 0 Å². The molecule has 128 valence electrons. The molecule has 0 aliphatic carbocycles. The standard InChI is InChI=1S/C17H12Cl2N2O2S2/c1-23-11-5-6-12-13(8-11)25-15(14(12)19)16(22)21-17(24)20-10-4-2-3-9(18)7-10/h2-8H,1H3,(H2,20,21,22,24). The fourth-order valence-electron chi connectivity index (χ4n) is 2.21. The van der Waals surface area contributed by atoms with E-state index in [-0.39, 0.29) is 11.0 Å². The Balaban J connectivity index is 1.77. The number of methoxy groups -OCH3 is 1. The summed E-state index contributed by atoms with van der Waals surface area (Å²) in [5.74, 6) is 0.334. The van der Waals surface area contributed by atoms with Gasteiger partial charge in [-0.2, -0.15) is 0 Å². The monoisotopic (exact) mass is 410 g/mol. The Hall–Kier alpha value is -1.86. The molecule has 0 fully saturated rings. The molecule has 0 spiro atoms. The van der Waals surface area contributed by atoms with Crippen molar-refractivity contribution in [3.63, 3.8) is 0 Å². The normalized spacial score (nSPS) is 10.5. The molecule has 0 unspecified atom stereocenters. The third-order valence-electron chi connectivity index (χ3n) is 3.35. The third-order valence-corrected chi connectivity index (χ3v) is 5.45. The van der Waals surface area contributed by atoms with Crippen molar-refractivity contribution in [2.75, 3.05) is 12.4 Å². The van der Waals surface area contributed by atoms with Crippen LogP contribution >= 0.6 is 46.8 Å². The van der Waals surface area contributed by atoms with Gasteiger partial charge in [-0.15, -0.1) is 11.3 Å². The Morgan fingerprint density at radius 3 is 2.72 bits per heavy atom. The Labute approximate surface area is 163 Å². The van der Waals surface area contributed by atoms with Crippen LogP contribution in [-0.4, -0.2) is 18.1 Å². The summed E-state index contributed by atoms with van der Waals surface area (Å²) in [5.41, 5.74) is 0.685. The van der Waals surface area contributed by atoms with E-state index in [0.717, 1.165) is 10.1 Å². The summed E-state index contributed by atoms with van der Waals surface area (Å²) in [4.78, 5) is 12.9. The number of carbonyl (C=O) groups is 1. The molecule has 0 bridgehead atoms. The lowest BCUT2D eigenvalue weighted by Crippen LogP contribution is -2.33. The Morgan fingerprint density at radius 1 is 1.20 bits per heavy atom. The first kappa shape index (κ1) is 17.9. The summed E-state index contributed by atoms with van der Waals surface area (Å²) in [6.07, 6.45) is 0. The molecule has 0 aliphatic rings. The number of thiophene rings is 1. The van der Waals surface area contributed by atoms with Gasteiger partial charge in [0, 0.05) is 20.8 Å². The fourth-order valence-corrected chi connectivity index (χ4v) is 4.05. The molecule has 4 nitrogen and oxygen atoms in total. The third kappa shape index (κ3) is 4.04. The van der Waals surface area contributed by atoms with E-state index in [0.29, 0.717) is 26.4 Å². The molecule has 2 aromatic carbocycles. The zero-order valence-electron chi connectivity index (χ0n) is 12.9. The number of rotatable bonds is 3. The van der Waals surface area contributed by atoms with Crippen LogP contribution in [-0.2, 0) is 0 Å². The SMILES string of the molecule is COc1ccc2c(Cl)c(C(=O)NC(=S)Nc3cccc(Cl)c3)sc2c1. The van der Waals surface area contributed by atoms with Gasteiger partial charge in [-0.1, -0.05) is 29.3 Å². The van der Waals surface area contributed by atoms with Crippen LogP contribution in [0.4, 0.5) is 5.69 Å². The minimum absolute atomic E-state index is 0.165. The van der Waals surface area contributed by atoms with Gasteiger partial charge >= 0.3 is 0 Å². The lowest BCUT2D eigenvalue weighted by Gasteiger charge is -2.09. The van der Waals surface area contributed by atoms with Gasteiger partial charge < -0.3 is 10.1 Å². The summed E-state index contributed by atoms with van der Waals surface area (Å²) in [7, 11) is 1.59. The van der Waals surface area contributed by atoms with Crippen molar-refractivity contribution in [1.29, 1.82) is 0 Å². The molecule has 1 aromatic heterocycles. The number of halogens is 2.